The van der Waals surface area contributed by atoms with Gasteiger partial charge in [0.2, 0.25) is 5.95 Å². The zero-order chi connectivity index (χ0) is 15.8. The van der Waals surface area contributed by atoms with Crippen LogP contribution in [-0.4, -0.2) is 32.6 Å². The Morgan fingerprint density at radius 2 is 1.78 bits per heavy atom. The molecule has 4 rings (SSSR count). The summed E-state index contributed by atoms with van der Waals surface area (Å²) in [6.07, 6.45) is 3.70. The number of rotatable bonds is 2. The van der Waals surface area contributed by atoms with Crippen LogP contribution in [0.15, 0.2) is 46.1 Å². The molecule has 1 saturated heterocycles. The molecule has 2 aromatic heterocycles. The third-order valence-electron chi connectivity index (χ3n) is 4.04. The molecule has 0 unspecified atom stereocenters. The zero-order valence-electron chi connectivity index (χ0n) is 12.4. The Labute approximate surface area is 131 Å². The first-order valence-electron chi connectivity index (χ1n) is 7.56. The van der Waals surface area contributed by atoms with Crippen LogP contribution in [-0.2, 0) is 0 Å². The first-order valence-corrected chi connectivity index (χ1v) is 7.56. The number of benzene rings is 1. The molecule has 116 valence electrons. The molecule has 7 nitrogen and oxygen atoms in total. The van der Waals surface area contributed by atoms with E-state index in [1.807, 2.05) is 6.07 Å². The number of aromatic amines is 1. The van der Waals surface area contributed by atoms with Crippen LogP contribution in [0.5, 0.6) is 0 Å². The summed E-state index contributed by atoms with van der Waals surface area (Å²) in [6, 6.07) is 8.80. The van der Waals surface area contributed by atoms with Crippen molar-refractivity contribution in [2.24, 2.45) is 0 Å². The van der Waals surface area contributed by atoms with Crippen molar-refractivity contribution in [3.63, 3.8) is 0 Å². The maximum atomic E-state index is 12.6. The highest BCUT2D eigenvalue weighted by Gasteiger charge is 2.17. The van der Waals surface area contributed by atoms with E-state index < -0.39 is 11.2 Å². The van der Waals surface area contributed by atoms with Gasteiger partial charge in [0.25, 0.3) is 5.56 Å². The Morgan fingerprint density at radius 3 is 2.52 bits per heavy atom. The highest BCUT2D eigenvalue weighted by atomic mass is 16.2. The molecule has 1 aliphatic heterocycles. The van der Waals surface area contributed by atoms with E-state index in [1.165, 1.54) is 6.20 Å². The SMILES string of the molecule is O=c1[nH]c2nc(N3CCCC3)ncc2c(=O)n1-c1ccccc1. The van der Waals surface area contributed by atoms with E-state index >= 15 is 0 Å². The summed E-state index contributed by atoms with van der Waals surface area (Å²) in [7, 11) is 0. The summed E-state index contributed by atoms with van der Waals surface area (Å²) >= 11 is 0. The van der Waals surface area contributed by atoms with Crippen LogP contribution in [0.2, 0.25) is 0 Å². The number of H-pyrrole nitrogens is 1. The fourth-order valence-corrected chi connectivity index (χ4v) is 2.88. The van der Waals surface area contributed by atoms with Gasteiger partial charge in [-0.1, -0.05) is 18.2 Å². The molecule has 3 heterocycles. The van der Waals surface area contributed by atoms with Crippen molar-refractivity contribution in [3.8, 4) is 5.69 Å². The second-order valence-electron chi connectivity index (χ2n) is 5.53. The van der Waals surface area contributed by atoms with Crippen molar-refractivity contribution >= 4 is 17.0 Å². The van der Waals surface area contributed by atoms with E-state index in [1.54, 1.807) is 24.3 Å². The summed E-state index contributed by atoms with van der Waals surface area (Å²) in [5.74, 6) is 0.558. The molecule has 0 bridgehead atoms. The van der Waals surface area contributed by atoms with E-state index in [2.05, 4.69) is 19.9 Å². The van der Waals surface area contributed by atoms with Crippen LogP contribution in [0.4, 0.5) is 5.95 Å². The number of fused-ring (bicyclic) bond motifs is 1. The predicted octanol–water partition coefficient (Wildman–Crippen LogP) is 1.07. The van der Waals surface area contributed by atoms with Gasteiger partial charge in [-0.25, -0.2) is 14.3 Å². The first-order chi connectivity index (χ1) is 11.2. The normalized spacial score (nSPS) is 14.5. The summed E-state index contributed by atoms with van der Waals surface area (Å²) in [5.41, 5.74) is -0.115. The Balaban J connectivity index is 1.91. The van der Waals surface area contributed by atoms with Crippen LogP contribution in [0.25, 0.3) is 16.7 Å². The summed E-state index contributed by atoms with van der Waals surface area (Å²) in [5, 5.41) is 0.302. The maximum Gasteiger partial charge on any atom is 0.334 e. The quantitative estimate of drug-likeness (QED) is 0.765. The fourth-order valence-electron chi connectivity index (χ4n) is 2.88. The van der Waals surface area contributed by atoms with Gasteiger partial charge in [0, 0.05) is 19.3 Å². The fraction of sp³-hybridized carbons (Fsp3) is 0.250. The Kier molecular flexibility index (Phi) is 3.18. The summed E-state index contributed by atoms with van der Waals surface area (Å²) < 4.78 is 1.10. The maximum absolute atomic E-state index is 12.6. The minimum absolute atomic E-state index is 0.282. The lowest BCUT2D eigenvalue weighted by molar-refractivity contribution is 0.873. The van der Waals surface area contributed by atoms with Gasteiger partial charge in [-0.2, -0.15) is 4.98 Å². The van der Waals surface area contributed by atoms with Crippen molar-refractivity contribution in [2.75, 3.05) is 18.0 Å². The standard InChI is InChI=1S/C16H15N5O2/c22-14-12-10-17-15(20-8-4-5-9-20)18-13(12)19-16(23)21(14)11-6-2-1-3-7-11/h1-3,6-7,10H,4-5,8-9H2,(H,17,18,19,23). The molecule has 0 saturated carbocycles. The number of anilines is 1. The van der Waals surface area contributed by atoms with E-state index in [0.717, 1.165) is 30.5 Å². The Hall–Kier alpha value is -2.96. The average molecular weight is 309 g/mol. The highest BCUT2D eigenvalue weighted by molar-refractivity contribution is 5.73. The Morgan fingerprint density at radius 1 is 1.04 bits per heavy atom. The van der Waals surface area contributed by atoms with Crippen LogP contribution in [0, 0.1) is 0 Å². The van der Waals surface area contributed by atoms with Gasteiger partial charge in [-0.05, 0) is 25.0 Å². The van der Waals surface area contributed by atoms with E-state index in [0.29, 0.717) is 17.0 Å². The summed E-state index contributed by atoms with van der Waals surface area (Å²) in [6.45, 7) is 1.80. The molecule has 1 aromatic carbocycles. The molecule has 0 amide bonds. The van der Waals surface area contributed by atoms with Crippen molar-refractivity contribution in [3.05, 3.63) is 57.4 Å². The van der Waals surface area contributed by atoms with Gasteiger partial charge in [-0.15, -0.1) is 0 Å². The van der Waals surface area contributed by atoms with Crippen LogP contribution in [0.3, 0.4) is 0 Å². The molecule has 0 atom stereocenters. The molecule has 1 N–H and O–H groups in total. The number of hydrogen-bond donors (Lipinski definition) is 1. The molecule has 0 aliphatic carbocycles. The second kappa shape index (κ2) is 5.35. The van der Waals surface area contributed by atoms with Gasteiger partial charge >= 0.3 is 5.69 Å². The summed E-state index contributed by atoms with van der Waals surface area (Å²) in [4.78, 5) is 38.4. The zero-order valence-corrected chi connectivity index (χ0v) is 12.4. The second-order valence-corrected chi connectivity index (χ2v) is 5.53. The van der Waals surface area contributed by atoms with Crippen LogP contribution in [0.1, 0.15) is 12.8 Å². The van der Waals surface area contributed by atoms with Crippen molar-refractivity contribution in [2.45, 2.75) is 12.8 Å². The first kappa shape index (κ1) is 13.7. The molecule has 1 fully saturated rings. The number of para-hydroxylation sites is 1. The lowest BCUT2D eigenvalue weighted by Crippen LogP contribution is -2.34. The van der Waals surface area contributed by atoms with Crippen LogP contribution >= 0.6 is 0 Å². The van der Waals surface area contributed by atoms with E-state index in [9.17, 15) is 9.59 Å². The number of nitrogens with one attached hydrogen (secondary N) is 1. The van der Waals surface area contributed by atoms with Gasteiger partial charge in [0.15, 0.2) is 5.65 Å². The number of hydrogen-bond acceptors (Lipinski definition) is 5. The van der Waals surface area contributed by atoms with Crippen molar-refractivity contribution in [1.82, 2.24) is 19.5 Å². The van der Waals surface area contributed by atoms with Crippen LogP contribution < -0.4 is 16.1 Å². The van der Waals surface area contributed by atoms with E-state index in [4.69, 9.17) is 0 Å². The molecule has 23 heavy (non-hydrogen) atoms. The minimum atomic E-state index is -0.500. The van der Waals surface area contributed by atoms with Gasteiger partial charge in [0.1, 0.15) is 5.39 Å². The van der Waals surface area contributed by atoms with Gasteiger partial charge in [0.05, 0.1) is 5.69 Å². The minimum Gasteiger partial charge on any atom is -0.341 e. The molecule has 0 spiro atoms. The number of aromatic nitrogens is 4. The molecule has 0 radical (unpaired) electrons. The predicted molar refractivity (Wildman–Crippen MR) is 87.2 cm³/mol. The van der Waals surface area contributed by atoms with Gasteiger partial charge in [-0.3, -0.25) is 9.78 Å². The molecular formula is C16H15N5O2. The molecule has 7 heteroatoms. The molecular weight excluding hydrogens is 294 g/mol. The monoisotopic (exact) mass is 309 g/mol. The number of nitrogens with zero attached hydrogens (tertiary/aromatic N) is 4. The van der Waals surface area contributed by atoms with Crippen molar-refractivity contribution in [1.29, 1.82) is 0 Å². The van der Waals surface area contributed by atoms with E-state index in [-0.39, 0.29) is 5.65 Å². The molecule has 1 aliphatic rings. The van der Waals surface area contributed by atoms with Crippen molar-refractivity contribution < 1.29 is 0 Å². The Bertz CT molecular complexity index is 971. The third kappa shape index (κ3) is 2.30. The highest BCUT2D eigenvalue weighted by Crippen LogP contribution is 2.16. The lowest BCUT2D eigenvalue weighted by Gasteiger charge is -2.15. The van der Waals surface area contributed by atoms with Gasteiger partial charge < -0.3 is 4.90 Å². The molecule has 3 aromatic rings. The third-order valence-corrected chi connectivity index (χ3v) is 4.04. The smallest absolute Gasteiger partial charge is 0.334 e. The largest absolute Gasteiger partial charge is 0.341 e. The lowest BCUT2D eigenvalue weighted by atomic mass is 10.3. The topological polar surface area (TPSA) is 83.9 Å². The average Bonchev–Trinajstić information content (AvgIpc) is 3.10.